The fraction of sp³-hybridized carbons (Fsp3) is 0.750. The molecule has 3 rings (SSSR count). The molecule has 6 nitrogen and oxygen atoms in total. The average Bonchev–Trinajstić information content (AvgIpc) is 2.71. The van der Waals surface area contributed by atoms with Crippen LogP contribution >= 0.6 is 0 Å². The van der Waals surface area contributed by atoms with Gasteiger partial charge in [-0.1, -0.05) is 0 Å². The predicted molar refractivity (Wildman–Crippen MR) is 39.6 cm³/mol. The van der Waals surface area contributed by atoms with Crippen LogP contribution in [-0.2, 0) is 19.1 Å². The first-order valence-corrected chi connectivity index (χ1v) is 4.38. The summed E-state index contributed by atoms with van der Waals surface area (Å²) in [6.07, 6.45) is -1.50. The van der Waals surface area contributed by atoms with E-state index in [0.717, 1.165) is 0 Å². The fourth-order valence-corrected chi connectivity index (χ4v) is 2.58. The molecular formula is C8H8O6. The number of hydrogen-bond acceptors (Lipinski definition) is 4. The molecule has 0 aromatic heterocycles. The lowest BCUT2D eigenvalue weighted by Gasteiger charge is -2.17. The fourth-order valence-electron chi connectivity index (χ4n) is 2.58. The highest BCUT2D eigenvalue weighted by Crippen LogP contribution is 2.53. The molecule has 0 saturated carbocycles. The van der Waals surface area contributed by atoms with Gasteiger partial charge in [-0.15, -0.1) is 0 Å². The number of hydrogen-bond donors (Lipinski definition) is 2. The number of carboxylic acids is 2. The Hall–Kier alpha value is -1.14. The van der Waals surface area contributed by atoms with Gasteiger partial charge in [-0.2, -0.15) is 0 Å². The zero-order valence-electron chi connectivity index (χ0n) is 6.99. The number of ether oxygens (including phenoxy) is 2. The maximum atomic E-state index is 10.9. The topological polar surface area (TPSA) is 96.4 Å². The van der Waals surface area contributed by atoms with Crippen LogP contribution in [0.5, 0.6) is 0 Å². The monoisotopic (exact) mass is 200 g/mol. The number of fused-ring (bicyclic) bond motifs is 5. The van der Waals surface area contributed by atoms with Gasteiger partial charge in [0.25, 0.3) is 0 Å². The maximum Gasteiger partial charge on any atom is 0.310 e. The van der Waals surface area contributed by atoms with Crippen LogP contribution in [0.2, 0.25) is 0 Å². The summed E-state index contributed by atoms with van der Waals surface area (Å²) in [7, 11) is 0. The molecule has 3 heterocycles. The van der Waals surface area contributed by atoms with Crippen molar-refractivity contribution in [1.82, 2.24) is 0 Å². The molecule has 3 aliphatic rings. The van der Waals surface area contributed by atoms with Crippen LogP contribution in [-0.4, -0.2) is 46.6 Å². The van der Waals surface area contributed by atoms with Crippen molar-refractivity contribution in [3.05, 3.63) is 0 Å². The van der Waals surface area contributed by atoms with Crippen LogP contribution in [0.1, 0.15) is 0 Å². The Kier molecular flexibility index (Phi) is 1.32. The first-order valence-electron chi connectivity index (χ1n) is 4.38. The molecule has 6 atom stereocenters. The molecule has 0 unspecified atom stereocenters. The van der Waals surface area contributed by atoms with Gasteiger partial charge in [-0.05, 0) is 0 Å². The van der Waals surface area contributed by atoms with E-state index in [1.165, 1.54) is 0 Å². The quantitative estimate of drug-likeness (QED) is 0.551. The number of carbonyl (C=O) groups is 2. The van der Waals surface area contributed by atoms with E-state index < -0.39 is 36.0 Å². The normalized spacial score (nSPS) is 52.9. The van der Waals surface area contributed by atoms with Crippen molar-refractivity contribution >= 4 is 11.9 Å². The van der Waals surface area contributed by atoms with Gasteiger partial charge < -0.3 is 19.7 Å². The largest absolute Gasteiger partial charge is 0.481 e. The molecule has 6 heteroatoms. The third-order valence-electron chi connectivity index (χ3n) is 3.19. The van der Waals surface area contributed by atoms with Gasteiger partial charge in [0, 0.05) is 0 Å². The lowest BCUT2D eigenvalue weighted by Crippen LogP contribution is -2.41. The van der Waals surface area contributed by atoms with Crippen molar-refractivity contribution in [2.45, 2.75) is 24.4 Å². The van der Waals surface area contributed by atoms with Crippen molar-refractivity contribution in [2.75, 3.05) is 0 Å². The molecule has 3 saturated heterocycles. The van der Waals surface area contributed by atoms with Crippen LogP contribution in [0.3, 0.4) is 0 Å². The SMILES string of the molecule is O=C(O)[C@@H]1[C@@H]2O[C@@H]([C@@H]3O[C@@H]32)[C@H]1C(=O)O. The van der Waals surface area contributed by atoms with Crippen molar-refractivity contribution in [3.63, 3.8) is 0 Å². The maximum absolute atomic E-state index is 10.9. The Balaban J connectivity index is 1.95. The van der Waals surface area contributed by atoms with Gasteiger partial charge in [0.05, 0.1) is 0 Å². The summed E-state index contributed by atoms with van der Waals surface area (Å²) in [6.45, 7) is 0. The van der Waals surface area contributed by atoms with Crippen LogP contribution in [0.4, 0.5) is 0 Å². The van der Waals surface area contributed by atoms with Gasteiger partial charge in [0.2, 0.25) is 0 Å². The third-order valence-corrected chi connectivity index (χ3v) is 3.19. The van der Waals surface area contributed by atoms with Gasteiger partial charge in [0.1, 0.15) is 36.3 Å². The highest BCUT2D eigenvalue weighted by Gasteiger charge is 2.72. The van der Waals surface area contributed by atoms with Gasteiger partial charge in [-0.25, -0.2) is 0 Å². The molecule has 0 amide bonds. The molecule has 14 heavy (non-hydrogen) atoms. The van der Waals surface area contributed by atoms with Crippen molar-refractivity contribution in [1.29, 1.82) is 0 Å². The van der Waals surface area contributed by atoms with Gasteiger partial charge >= 0.3 is 11.9 Å². The van der Waals surface area contributed by atoms with Crippen LogP contribution in [0.25, 0.3) is 0 Å². The summed E-state index contributed by atoms with van der Waals surface area (Å²) >= 11 is 0. The Labute approximate surface area is 78.4 Å². The van der Waals surface area contributed by atoms with Gasteiger partial charge in [0.15, 0.2) is 0 Å². The zero-order chi connectivity index (χ0) is 10.0. The van der Waals surface area contributed by atoms with E-state index in [4.69, 9.17) is 19.7 Å². The smallest absolute Gasteiger partial charge is 0.310 e. The Morgan fingerprint density at radius 2 is 1.14 bits per heavy atom. The predicted octanol–water partition coefficient (Wildman–Crippen LogP) is -1.06. The third kappa shape index (κ3) is 0.777. The summed E-state index contributed by atoms with van der Waals surface area (Å²) in [4.78, 5) is 21.7. The zero-order valence-corrected chi connectivity index (χ0v) is 6.99. The lowest BCUT2D eigenvalue weighted by atomic mass is 9.79. The summed E-state index contributed by atoms with van der Waals surface area (Å²) < 4.78 is 10.4. The summed E-state index contributed by atoms with van der Waals surface area (Å²) in [6, 6.07) is 0. The first-order chi connectivity index (χ1) is 6.61. The van der Waals surface area contributed by atoms with E-state index in [1.54, 1.807) is 0 Å². The molecule has 0 aromatic rings. The minimum Gasteiger partial charge on any atom is -0.481 e. The van der Waals surface area contributed by atoms with Crippen LogP contribution in [0, 0.1) is 11.8 Å². The van der Waals surface area contributed by atoms with Crippen LogP contribution < -0.4 is 0 Å². The molecule has 0 aromatic carbocycles. The molecule has 0 radical (unpaired) electrons. The van der Waals surface area contributed by atoms with E-state index in [9.17, 15) is 9.59 Å². The number of rotatable bonds is 2. The van der Waals surface area contributed by atoms with Crippen molar-refractivity contribution in [2.24, 2.45) is 11.8 Å². The number of aliphatic carboxylic acids is 2. The molecule has 0 aliphatic carbocycles. The average molecular weight is 200 g/mol. The van der Waals surface area contributed by atoms with E-state index in [0.29, 0.717) is 0 Å². The second-order valence-corrected chi connectivity index (χ2v) is 3.86. The second-order valence-electron chi connectivity index (χ2n) is 3.86. The van der Waals surface area contributed by atoms with Gasteiger partial charge in [-0.3, -0.25) is 9.59 Å². The first kappa shape index (κ1) is 8.19. The number of carboxylic acid groups (broad SMARTS) is 2. The van der Waals surface area contributed by atoms with E-state index in [2.05, 4.69) is 0 Å². The number of epoxide rings is 1. The summed E-state index contributed by atoms with van der Waals surface area (Å²) in [5.41, 5.74) is 0. The lowest BCUT2D eigenvalue weighted by molar-refractivity contribution is -0.153. The Morgan fingerprint density at radius 3 is 1.50 bits per heavy atom. The molecule has 2 N–H and O–H groups in total. The summed E-state index contributed by atoms with van der Waals surface area (Å²) in [5, 5.41) is 17.8. The Morgan fingerprint density at radius 1 is 0.786 bits per heavy atom. The molecule has 3 aliphatic heterocycles. The second kappa shape index (κ2) is 2.26. The Bertz CT molecular complexity index is 296. The minimum absolute atomic E-state index is 0.184. The molecular weight excluding hydrogens is 192 g/mol. The van der Waals surface area contributed by atoms with E-state index in [-0.39, 0.29) is 12.2 Å². The van der Waals surface area contributed by atoms with Crippen molar-refractivity contribution in [3.8, 4) is 0 Å². The van der Waals surface area contributed by atoms with Crippen LogP contribution in [0.15, 0.2) is 0 Å². The molecule has 0 spiro atoms. The van der Waals surface area contributed by atoms with Crippen molar-refractivity contribution < 1.29 is 29.3 Å². The summed E-state index contributed by atoms with van der Waals surface area (Å²) in [5.74, 6) is -4.14. The van der Waals surface area contributed by atoms with E-state index in [1.807, 2.05) is 0 Å². The standard InChI is InChI=1S/C8H8O6/c9-7(10)1-2(8(11)12)4-6-5(14-6)3(1)13-4/h1-6H,(H,9,10)(H,11,12)/t1-,2-,3-,4+,5+,6-/m0/s1. The minimum atomic E-state index is -1.11. The molecule has 2 bridgehead atoms. The highest BCUT2D eigenvalue weighted by molar-refractivity contribution is 5.82. The van der Waals surface area contributed by atoms with E-state index >= 15 is 0 Å². The molecule has 76 valence electrons. The highest BCUT2D eigenvalue weighted by atomic mass is 16.7. The molecule has 3 fully saturated rings.